The summed E-state index contributed by atoms with van der Waals surface area (Å²) < 4.78 is 12.7. The van der Waals surface area contributed by atoms with Gasteiger partial charge in [-0.05, 0) is 29.8 Å². The van der Waals surface area contributed by atoms with Crippen LogP contribution in [0.15, 0.2) is 91.1 Å². The summed E-state index contributed by atoms with van der Waals surface area (Å²) in [5.41, 5.74) is 4.13. The number of carbonyl (C=O) groups is 1. The summed E-state index contributed by atoms with van der Waals surface area (Å²) in [5.74, 6) is 0.659. The highest BCUT2D eigenvalue weighted by molar-refractivity contribution is 6.00. The van der Waals surface area contributed by atoms with Crippen molar-refractivity contribution in [3.63, 3.8) is 0 Å². The lowest BCUT2D eigenvalue weighted by molar-refractivity contribution is 0.0162. The number of ether oxygens (including phenoxy) is 2. The fourth-order valence-corrected chi connectivity index (χ4v) is 4.52. The van der Waals surface area contributed by atoms with Crippen LogP contribution in [0.5, 0.6) is 5.75 Å². The number of hydrogen-bond donors (Lipinski definition) is 1. The van der Waals surface area contributed by atoms with Crippen molar-refractivity contribution < 1.29 is 14.3 Å². The Morgan fingerprint density at radius 1 is 0.972 bits per heavy atom. The van der Waals surface area contributed by atoms with Gasteiger partial charge in [0.05, 0.1) is 37.6 Å². The molecule has 0 radical (unpaired) electrons. The maximum atomic E-state index is 13.6. The lowest BCUT2D eigenvalue weighted by Gasteiger charge is -2.35. The quantitative estimate of drug-likeness (QED) is 0.404. The summed E-state index contributed by atoms with van der Waals surface area (Å²) in [6, 6.07) is 27.7. The van der Waals surface area contributed by atoms with Crippen LogP contribution >= 0.6 is 0 Å². The summed E-state index contributed by atoms with van der Waals surface area (Å²) in [7, 11) is 1.66. The van der Waals surface area contributed by atoms with E-state index in [2.05, 4.69) is 22.3 Å². The molecule has 1 aliphatic rings. The third-order valence-corrected chi connectivity index (χ3v) is 6.47. The molecule has 184 valence electrons. The molecule has 1 saturated heterocycles. The number of morpholine rings is 1. The molecule has 7 nitrogen and oxygen atoms in total. The molecule has 0 aliphatic carbocycles. The number of nitrogens with zero attached hydrogens (tertiary/aromatic N) is 3. The van der Waals surface area contributed by atoms with Gasteiger partial charge < -0.3 is 14.8 Å². The van der Waals surface area contributed by atoms with Crippen LogP contribution in [0.1, 0.15) is 22.0 Å². The van der Waals surface area contributed by atoms with Crippen molar-refractivity contribution >= 4 is 5.91 Å². The van der Waals surface area contributed by atoms with E-state index in [1.54, 1.807) is 11.8 Å². The number of rotatable bonds is 8. The molecule has 0 saturated carbocycles. The Bertz CT molecular complexity index is 1270. The van der Waals surface area contributed by atoms with Crippen LogP contribution in [-0.2, 0) is 4.74 Å². The zero-order valence-electron chi connectivity index (χ0n) is 20.3. The molecule has 4 aromatic rings. The molecule has 7 heteroatoms. The van der Waals surface area contributed by atoms with E-state index >= 15 is 0 Å². The van der Waals surface area contributed by atoms with Gasteiger partial charge in [0, 0.05) is 31.4 Å². The Hall–Kier alpha value is -3.94. The first-order valence-electron chi connectivity index (χ1n) is 12.2. The maximum Gasteiger partial charge on any atom is 0.255 e. The second-order valence-corrected chi connectivity index (χ2v) is 8.68. The van der Waals surface area contributed by atoms with E-state index in [0.717, 1.165) is 35.7 Å². The lowest BCUT2D eigenvalue weighted by Crippen LogP contribution is -2.43. The van der Waals surface area contributed by atoms with Gasteiger partial charge in [0.2, 0.25) is 0 Å². The van der Waals surface area contributed by atoms with Crippen LogP contribution in [0.2, 0.25) is 0 Å². The molecule has 1 amide bonds. The number of carbonyl (C=O) groups excluding carboxylic acids is 1. The summed E-state index contributed by atoms with van der Waals surface area (Å²) in [6.07, 6.45) is 1.81. The number of aromatic nitrogens is 2. The highest BCUT2D eigenvalue weighted by atomic mass is 16.5. The molecular formula is C29H30N4O3. The molecule has 5 rings (SSSR count). The molecule has 1 atom stereocenters. The van der Waals surface area contributed by atoms with Gasteiger partial charge in [-0.3, -0.25) is 9.69 Å². The van der Waals surface area contributed by atoms with Crippen molar-refractivity contribution in [3.05, 3.63) is 102 Å². The van der Waals surface area contributed by atoms with Gasteiger partial charge >= 0.3 is 0 Å². The normalized spacial score (nSPS) is 14.8. The van der Waals surface area contributed by atoms with Crippen LogP contribution < -0.4 is 10.1 Å². The minimum Gasteiger partial charge on any atom is -0.497 e. The number of benzene rings is 3. The Morgan fingerprint density at radius 3 is 2.31 bits per heavy atom. The van der Waals surface area contributed by atoms with Gasteiger partial charge in [0.15, 0.2) is 0 Å². The zero-order chi connectivity index (χ0) is 24.7. The first kappa shape index (κ1) is 23.8. The van der Waals surface area contributed by atoms with Gasteiger partial charge in [-0.25, -0.2) is 4.68 Å². The molecule has 1 fully saturated rings. The summed E-state index contributed by atoms with van der Waals surface area (Å²) in [5, 5.41) is 7.97. The largest absolute Gasteiger partial charge is 0.497 e. The number of amides is 1. The third kappa shape index (κ3) is 5.32. The van der Waals surface area contributed by atoms with E-state index in [0.29, 0.717) is 31.0 Å². The van der Waals surface area contributed by atoms with Crippen LogP contribution in [0.3, 0.4) is 0 Å². The van der Waals surface area contributed by atoms with Gasteiger partial charge in [-0.1, -0.05) is 60.7 Å². The monoisotopic (exact) mass is 482 g/mol. The molecule has 36 heavy (non-hydrogen) atoms. The molecule has 2 heterocycles. The second kappa shape index (κ2) is 11.2. The standard InChI is InChI=1S/C29H30N4O3/c1-35-25-14-12-22(13-15-25)27(32-16-18-36-19-17-32)20-30-29(34)26-21-33(24-10-6-3-7-11-24)31-28(26)23-8-4-2-5-9-23/h2-15,21,27H,16-20H2,1H3,(H,30,34)/t27-/m0/s1. The van der Waals surface area contributed by atoms with Crippen LogP contribution in [0, 0.1) is 0 Å². The second-order valence-electron chi connectivity index (χ2n) is 8.68. The number of hydrogen-bond acceptors (Lipinski definition) is 5. The van der Waals surface area contributed by atoms with E-state index in [1.165, 1.54) is 0 Å². The highest BCUT2D eigenvalue weighted by Crippen LogP contribution is 2.26. The molecule has 1 aliphatic heterocycles. The minimum atomic E-state index is -0.150. The fourth-order valence-electron chi connectivity index (χ4n) is 4.52. The predicted octanol–water partition coefficient (Wildman–Crippen LogP) is 4.35. The van der Waals surface area contributed by atoms with Crippen molar-refractivity contribution in [2.45, 2.75) is 6.04 Å². The van der Waals surface area contributed by atoms with Gasteiger partial charge in [-0.15, -0.1) is 0 Å². The van der Waals surface area contributed by atoms with Gasteiger partial charge in [-0.2, -0.15) is 5.10 Å². The van der Waals surface area contributed by atoms with Crippen molar-refractivity contribution in [3.8, 4) is 22.7 Å². The van der Waals surface area contributed by atoms with Crippen molar-refractivity contribution in [2.24, 2.45) is 0 Å². The predicted molar refractivity (Wildman–Crippen MR) is 139 cm³/mol. The van der Waals surface area contributed by atoms with E-state index in [-0.39, 0.29) is 11.9 Å². The van der Waals surface area contributed by atoms with E-state index < -0.39 is 0 Å². The van der Waals surface area contributed by atoms with Crippen molar-refractivity contribution in [1.29, 1.82) is 0 Å². The molecule has 1 N–H and O–H groups in total. The third-order valence-electron chi connectivity index (χ3n) is 6.47. The first-order chi connectivity index (χ1) is 17.7. The molecule has 0 unspecified atom stereocenters. The summed E-state index contributed by atoms with van der Waals surface area (Å²) in [4.78, 5) is 15.9. The van der Waals surface area contributed by atoms with Gasteiger partial charge in [0.25, 0.3) is 5.91 Å². The molecule has 3 aromatic carbocycles. The Balaban J connectivity index is 1.42. The van der Waals surface area contributed by atoms with E-state index in [1.807, 2.05) is 79.0 Å². The van der Waals surface area contributed by atoms with Crippen molar-refractivity contribution in [1.82, 2.24) is 20.0 Å². The number of nitrogens with one attached hydrogen (secondary N) is 1. The Morgan fingerprint density at radius 2 is 1.64 bits per heavy atom. The number of para-hydroxylation sites is 1. The van der Waals surface area contributed by atoms with E-state index in [4.69, 9.17) is 14.6 Å². The molecule has 1 aromatic heterocycles. The average Bonchev–Trinajstić information content (AvgIpc) is 3.41. The first-order valence-corrected chi connectivity index (χ1v) is 12.2. The Labute approximate surface area is 211 Å². The highest BCUT2D eigenvalue weighted by Gasteiger charge is 2.25. The summed E-state index contributed by atoms with van der Waals surface area (Å²) >= 11 is 0. The molecular weight excluding hydrogens is 452 g/mol. The number of methoxy groups -OCH3 is 1. The Kier molecular flexibility index (Phi) is 7.40. The van der Waals surface area contributed by atoms with Crippen LogP contribution in [0.4, 0.5) is 0 Å². The van der Waals surface area contributed by atoms with Crippen LogP contribution in [0.25, 0.3) is 16.9 Å². The summed E-state index contributed by atoms with van der Waals surface area (Å²) in [6.45, 7) is 3.46. The maximum absolute atomic E-state index is 13.6. The topological polar surface area (TPSA) is 68.6 Å². The minimum absolute atomic E-state index is 0.0214. The van der Waals surface area contributed by atoms with E-state index in [9.17, 15) is 4.79 Å². The smallest absolute Gasteiger partial charge is 0.255 e. The van der Waals surface area contributed by atoms with Crippen molar-refractivity contribution in [2.75, 3.05) is 40.0 Å². The zero-order valence-corrected chi connectivity index (χ0v) is 20.3. The lowest BCUT2D eigenvalue weighted by atomic mass is 10.0. The fraction of sp³-hybridized carbons (Fsp3) is 0.241. The molecule has 0 bridgehead atoms. The average molecular weight is 483 g/mol. The van der Waals surface area contributed by atoms with Crippen LogP contribution in [-0.4, -0.2) is 60.5 Å². The van der Waals surface area contributed by atoms with Gasteiger partial charge in [0.1, 0.15) is 11.4 Å². The molecule has 0 spiro atoms. The SMILES string of the molecule is COc1ccc([C@H](CNC(=O)c2cn(-c3ccccc3)nc2-c2ccccc2)N2CCOCC2)cc1.